The van der Waals surface area contributed by atoms with Crippen molar-refractivity contribution in [3.05, 3.63) is 65.0 Å². The highest BCUT2D eigenvalue weighted by atomic mass is 16.6. The molecule has 9 heteroatoms. The molecular weight excluding hydrogens is 510 g/mol. The molecule has 1 aromatic heterocycles. The maximum Gasteiger partial charge on any atom is 0.407 e. The van der Waals surface area contributed by atoms with E-state index in [0.717, 1.165) is 41.2 Å². The fourth-order valence-electron chi connectivity index (χ4n) is 4.78. The minimum Gasteiger partial charge on any atom is -0.493 e. The molecule has 0 radical (unpaired) electrons. The summed E-state index contributed by atoms with van der Waals surface area (Å²) in [7, 11) is 0. The molecule has 3 aromatic rings. The summed E-state index contributed by atoms with van der Waals surface area (Å²) in [5.41, 5.74) is 4.64. The van der Waals surface area contributed by atoms with Gasteiger partial charge in [0.05, 0.1) is 18.4 Å². The third kappa shape index (κ3) is 8.24. The number of rotatable bonds is 12. The van der Waals surface area contributed by atoms with Crippen molar-refractivity contribution in [2.75, 3.05) is 24.6 Å². The second-order valence-corrected chi connectivity index (χ2v) is 10.3. The van der Waals surface area contributed by atoms with E-state index in [1.54, 1.807) is 13.8 Å². The number of carbonyl (C=O) groups excluding carboxylic acids is 1. The minimum absolute atomic E-state index is 0.00159. The Morgan fingerprint density at radius 1 is 1.05 bits per heavy atom. The van der Waals surface area contributed by atoms with Crippen molar-refractivity contribution < 1.29 is 28.6 Å². The van der Waals surface area contributed by atoms with E-state index in [1.807, 2.05) is 25.1 Å². The Labute approximate surface area is 235 Å². The Kier molecular flexibility index (Phi) is 10.0. The van der Waals surface area contributed by atoms with Crippen LogP contribution in [0.1, 0.15) is 62.1 Å². The van der Waals surface area contributed by atoms with Gasteiger partial charge in [0.1, 0.15) is 11.5 Å². The van der Waals surface area contributed by atoms with E-state index in [0.29, 0.717) is 31.1 Å². The van der Waals surface area contributed by atoms with Crippen LogP contribution in [0.3, 0.4) is 0 Å². The third-order valence-corrected chi connectivity index (χ3v) is 6.89. The van der Waals surface area contributed by atoms with E-state index in [2.05, 4.69) is 34.5 Å². The summed E-state index contributed by atoms with van der Waals surface area (Å²) in [5, 5.41) is 11.8. The van der Waals surface area contributed by atoms with Gasteiger partial charge in [-0.2, -0.15) is 0 Å². The number of benzene rings is 2. The fourth-order valence-corrected chi connectivity index (χ4v) is 4.78. The lowest BCUT2D eigenvalue weighted by atomic mass is 10.0. The van der Waals surface area contributed by atoms with Crippen molar-refractivity contribution >= 4 is 17.7 Å². The molecule has 2 N–H and O–H groups in total. The summed E-state index contributed by atoms with van der Waals surface area (Å²) in [4.78, 5) is 30.2. The highest BCUT2D eigenvalue weighted by Crippen LogP contribution is 2.27. The highest BCUT2D eigenvalue weighted by Gasteiger charge is 2.15. The van der Waals surface area contributed by atoms with Crippen molar-refractivity contribution in [3.63, 3.8) is 0 Å². The van der Waals surface area contributed by atoms with Crippen molar-refractivity contribution in [2.45, 2.75) is 71.9 Å². The maximum atomic E-state index is 12.0. The average Bonchev–Trinajstić information content (AvgIpc) is 3.31. The number of oxazole rings is 1. The normalized spacial score (nSPS) is 13.3. The van der Waals surface area contributed by atoms with Crippen LogP contribution < -0.4 is 15.0 Å². The standard InChI is InChI=1S/C31H39N3O6/c1-21(2)39-31(37)32-20-25-19-27(13-9-23(25)10-14-29(35)36)38-18-15-28-22(3)40-30(33-28)24-7-11-26(12-8-24)34-16-5-4-6-17-34/h7-9,11-13,19,21H,4-6,10,14-18,20H2,1-3H3,(H,32,37)(H,35,36). The zero-order valence-electron chi connectivity index (χ0n) is 23.6. The lowest BCUT2D eigenvalue weighted by Gasteiger charge is -2.28. The van der Waals surface area contributed by atoms with Gasteiger partial charge in [0, 0.05) is 43.7 Å². The summed E-state index contributed by atoms with van der Waals surface area (Å²) < 4.78 is 17.1. The van der Waals surface area contributed by atoms with Crippen LogP contribution in [-0.2, 0) is 28.9 Å². The first-order valence-corrected chi connectivity index (χ1v) is 14.0. The number of hydrogen-bond donors (Lipinski definition) is 2. The summed E-state index contributed by atoms with van der Waals surface area (Å²) >= 11 is 0. The zero-order chi connectivity index (χ0) is 28.5. The quantitative estimate of drug-likeness (QED) is 0.286. The molecule has 4 rings (SSSR count). The van der Waals surface area contributed by atoms with Crippen LogP contribution in [0, 0.1) is 6.92 Å². The lowest BCUT2D eigenvalue weighted by Crippen LogP contribution is -2.29. The number of aryl methyl sites for hydroxylation is 2. The van der Waals surface area contributed by atoms with E-state index >= 15 is 0 Å². The number of anilines is 1. The van der Waals surface area contributed by atoms with Crippen molar-refractivity contribution in [3.8, 4) is 17.2 Å². The molecule has 0 bridgehead atoms. The summed E-state index contributed by atoms with van der Waals surface area (Å²) in [6, 6.07) is 13.9. The van der Waals surface area contributed by atoms with Gasteiger partial charge in [-0.3, -0.25) is 4.79 Å². The Bertz CT molecular complexity index is 1280. The molecule has 40 heavy (non-hydrogen) atoms. The molecular formula is C31H39N3O6. The molecule has 0 unspecified atom stereocenters. The smallest absolute Gasteiger partial charge is 0.407 e. The second-order valence-electron chi connectivity index (χ2n) is 10.3. The van der Waals surface area contributed by atoms with Crippen LogP contribution in [0.2, 0.25) is 0 Å². The van der Waals surface area contributed by atoms with Crippen molar-refractivity contribution in [1.82, 2.24) is 10.3 Å². The number of nitrogens with zero attached hydrogens (tertiary/aromatic N) is 2. The first-order chi connectivity index (χ1) is 19.3. The second kappa shape index (κ2) is 13.9. The Balaban J connectivity index is 1.36. The van der Waals surface area contributed by atoms with E-state index < -0.39 is 12.1 Å². The number of carboxylic acid groups (broad SMARTS) is 1. The highest BCUT2D eigenvalue weighted by molar-refractivity contribution is 5.68. The topological polar surface area (TPSA) is 114 Å². The molecule has 1 aliphatic rings. The molecule has 2 heterocycles. The number of nitrogens with one attached hydrogen (secondary N) is 1. The van der Waals surface area contributed by atoms with Crippen LogP contribution >= 0.6 is 0 Å². The van der Waals surface area contributed by atoms with Gasteiger partial charge >= 0.3 is 12.1 Å². The molecule has 1 amide bonds. The van der Waals surface area contributed by atoms with E-state index in [4.69, 9.17) is 24.0 Å². The van der Waals surface area contributed by atoms with Crippen LogP contribution in [0.15, 0.2) is 46.9 Å². The van der Waals surface area contributed by atoms with Gasteiger partial charge in [-0.15, -0.1) is 0 Å². The lowest BCUT2D eigenvalue weighted by molar-refractivity contribution is -0.136. The number of piperidine rings is 1. The summed E-state index contributed by atoms with van der Waals surface area (Å²) in [6.07, 6.45) is 3.95. The first-order valence-electron chi connectivity index (χ1n) is 14.0. The van der Waals surface area contributed by atoms with Crippen LogP contribution in [-0.4, -0.2) is 48.0 Å². The number of aromatic nitrogens is 1. The summed E-state index contributed by atoms with van der Waals surface area (Å²) in [6.45, 7) is 8.27. The van der Waals surface area contributed by atoms with Crippen LogP contribution in [0.25, 0.3) is 11.5 Å². The van der Waals surface area contributed by atoms with Crippen molar-refractivity contribution in [1.29, 1.82) is 0 Å². The third-order valence-electron chi connectivity index (χ3n) is 6.89. The molecule has 1 aliphatic heterocycles. The van der Waals surface area contributed by atoms with Gasteiger partial charge in [-0.25, -0.2) is 9.78 Å². The van der Waals surface area contributed by atoms with Gasteiger partial charge in [0.2, 0.25) is 5.89 Å². The number of aliphatic carboxylic acids is 1. The van der Waals surface area contributed by atoms with E-state index in [1.165, 1.54) is 24.9 Å². The molecule has 214 valence electrons. The molecule has 9 nitrogen and oxygen atoms in total. The van der Waals surface area contributed by atoms with Crippen LogP contribution in [0.5, 0.6) is 5.75 Å². The van der Waals surface area contributed by atoms with E-state index in [-0.39, 0.29) is 19.1 Å². The predicted molar refractivity (Wildman–Crippen MR) is 153 cm³/mol. The zero-order valence-corrected chi connectivity index (χ0v) is 23.6. The largest absolute Gasteiger partial charge is 0.493 e. The predicted octanol–water partition coefficient (Wildman–Crippen LogP) is 5.91. The Morgan fingerprint density at radius 3 is 2.50 bits per heavy atom. The van der Waals surface area contributed by atoms with Gasteiger partial charge < -0.3 is 29.2 Å². The number of carboxylic acids is 1. The number of alkyl carbamates (subject to hydrolysis) is 1. The van der Waals surface area contributed by atoms with Gasteiger partial charge in [-0.1, -0.05) is 6.07 Å². The molecule has 0 aliphatic carbocycles. The fraction of sp³-hybridized carbons (Fsp3) is 0.452. The average molecular weight is 550 g/mol. The van der Waals surface area contributed by atoms with Crippen molar-refractivity contribution in [2.24, 2.45) is 0 Å². The first kappa shape index (κ1) is 29.0. The number of ether oxygens (including phenoxy) is 2. The van der Waals surface area contributed by atoms with Gasteiger partial charge in [0.25, 0.3) is 0 Å². The van der Waals surface area contributed by atoms with E-state index in [9.17, 15) is 9.59 Å². The minimum atomic E-state index is -0.876. The van der Waals surface area contributed by atoms with Crippen LogP contribution in [0.4, 0.5) is 10.5 Å². The molecule has 0 spiro atoms. The number of carbonyl (C=O) groups is 2. The van der Waals surface area contributed by atoms with Gasteiger partial charge in [0.15, 0.2) is 0 Å². The summed E-state index contributed by atoms with van der Waals surface area (Å²) in [5.74, 6) is 1.11. The molecule has 0 saturated carbocycles. The maximum absolute atomic E-state index is 12.0. The molecule has 1 saturated heterocycles. The SMILES string of the molecule is Cc1oc(-c2ccc(N3CCCCC3)cc2)nc1CCOc1ccc(CCC(=O)O)c(CNC(=O)OC(C)C)c1. The Morgan fingerprint density at radius 2 is 1.80 bits per heavy atom. The molecule has 2 aromatic carbocycles. The molecule has 0 atom stereocenters. The Hall–Kier alpha value is -4.01. The monoisotopic (exact) mass is 549 g/mol. The number of amides is 1. The molecule has 1 fully saturated rings. The van der Waals surface area contributed by atoms with Gasteiger partial charge in [-0.05, 0) is 94.0 Å². The number of hydrogen-bond acceptors (Lipinski definition) is 7.